The number of hydrogen-bond acceptors (Lipinski definition) is 3. The largest absolute Gasteiger partial charge is 0.347 e. The molecule has 1 spiro atoms. The second-order valence-electron chi connectivity index (χ2n) is 7.56. The lowest BCUT2D eigenvalue weighted by molar-refractivity contribution is -0.181. The SMILES string of the molecule is O=C(c1cc2ccccc2n1Cc1ccccc1)N1CCC2(CC1)OCCO2. The molecule has 0 saturated carbocycles. The average molecular weight is 376 g/mol. The Labute approximate surface area is 164 Å². The number of ether oxygens (including phenoxy) is 2. The van der Waals surface area contributed by atoms with E-state index in [1.807, 2.05) is 41.3 Å². The molecule has 2 aliphatic rings. The quantitative estimate of drug-likeness (QED) is 0.701. The van der Waals surface area contributed by atoms with Gasteiger partial charge in [0, 0.05) is 43.4 Å². The van der Waals surface area contributed by atoms with Crippen LogP contribution in [0.2, 0.25) is 0 Å². The van der Waals surface area contributed by atoms with Gasteiger partial charge >= 0.3 is 0 Å². The molecule has 2 fully saturated rings. The molecule has 5 nitrogen and oxygen atoms in total. The summed E-state index contributed by atoms with van der Waals surface area (Å²) >= 11 is 0. The fourth-order valence-corrected chi connectivity index (χ4v) is 4.32. The van der Waals surface area contributed by atoms with Gasteiger partial charge in [0.1, 0.15) is 5.69 Å². The van der Waals surface area contributed by atoms with E-state index < -0.39 is 5.79 Å². The smallest absolute Gasteiger partial charge is 0.270 e. The molecule has 2 aliphatic heterocycles. The molecule has 0 radical (unpaired) electrons. The van der Waals surface area contributed by atoms with Gasteiger partial charge in [-0.15, -0.1) is 0 Å². The Morgan fingerprint density at radius 2 is 1.61 bits per heavy atom. The highest BCUT2D eigenvalue weighted by molar-refractivity contribution is 5.99. The number of para-hydroxylation sites is 1. The molecule has 1 aromatic heterocycles. The van der Waals surface area contributed by atoms with Gasteiger partial charge in [0.15, 0.2) is 5.79 Å². The Kier molecular flexibility index (Phi) is 4.41. The maximum atomic E-state index is 13.4. The summed E-state index contributed by atoms with van der Waals surface area (Å²) in [7, 11) is 0. The van der Waals surface area contributed by atoms with Crippen LogP contribution in [0.25, 0.3) is 10.9 Å². The van der Waals surface area contributed by atoms with Crippen LogP contribution in [0.15, 0.2) is 60.7 Å². The van der Waals surface area contributed by atoms with E-state index in [4.69, 9.17) is 9.47 Å². The zero-order valence-corrected chi connectivity index (χ0v) is 15.8. The van der Waals surface area contributed by atoms with Gasteiger partial charge < -0.3 is 18.9 Å². The highest BCUT2D eigenvalue weighted by Crippen LogP contribution is 2.32. The lowest BCUT2D eigenvalue weighted by Gasteiger charge is -2.37. The lowest BCUT2D eigenvalue weighted by Crippen LogP contribution is -2.47. The van der Waals surface area contributed by atoms with Crippen LogP contribution in [0.1, 0.15) is 28.9 Å². The number of nitrogens with zero attached hydrogens (tertiary/aromatic N) is 2. The average Bonchev–Trinajstić information content (AvgIpc) is 3.34. The molecule has 3 heterocycles. The van der Waals surface area contributed by atoms with Gasteiger partial charge in [-0.3, -0.25) is 4.79 Å². The summed E-state index contributed by atoms with van der Waals surface area (Å²) in [4.78, 5) is 15.3. The summed E-state index contributed by atoms with van der Waals surface area (Å²) in [5.74, 6) is -0.381. The lowest BCUT2D eigenvalue weighted by atomic mass is 10.0. The van der Waals surface area contributed by atoms with Crippen LogP contribution in [0.5, 0.6) is 0 Å². The van der Waals surface area contributed by atoms with Crippen LogP contribution in [0.3, 0.4) is 0 Å². The second kappa shape index (κ2) is 7.08. The van der Waals surface area contributed by atoms with Crippen molar-refractivity contribution in [1.82, 2.24) is 9.47 Å². The third-order valence-corrected chi connectivity index (χ3v) is 5.84. The Balaban J connectivity index is 1.45. The zero-order chi connectivity index (χ0) is 19.0. The van der Waals surface area contributed by atoms with Gasteiger partial charge in [-0.1, -0.05) is 48.5 Å². The van der Waals surface area contributed by atoms with Crippen LogP contribution < -0.4 is 0 Å². The van der Waals surface area contributed by atoms with Gasteiger partial charge in [0.25, 0.3) is 5.91 Å². The molecule has 144 valence electrons. The molecular weight excluding hydrogens is 352 g/mol. The van der Waals surface area contributed by atoms with Crippen LogP contribution in [0.4, 0.5) is 0 Å². The van der Waals surface area contributed by atoms with Gasteiger partial charge in [0.2, 0.25) is 0 Å². The van der Waals surface area contributed by atoms with E-state index in [-0.39, 0.29) is 5.91 Å². The molecule has 1 amide bonds. The maximum Gasteiger partial charge on any atom is 0.270 e. The number of benzene rings is 2. The summed E-state index contributed by atoms with van der Waals surface area (Å²) in [5.41, 5.74) is 3.02. The number of hydrogen-bond donors (Lipinski definition) is 0. The molecule has 3 aromatic rings. The van der Waals surface area contributed by atoms with Crippen LogP contribution in [-0.4, -0.2) is 47.5 Å². The van der Waals surface area contributed by atoms with E-state index in [2.05, 4.69) is 28.8 Å². The number of carbonyl (C=O) groups excluding carboxylic acids is 1. The minimum atomic E-state index is -0.465. The third-order valence-electron chi connectivity index (χ3n) is 5.84. The summed E-state index contributed by atoms with van der Waals surface area (Å²) in [6.07, 6.45) is 1.47. The van der Waals surface area contributed by atoms with Crippen molar-refractivity contribution in [2.45, 2.75) is 25.2 Å². The van der Waals surface area contributed by atoms with Crippen molar-refractivity contribution in [1.29, 1.82) is 0 Å². The standard InChI is InChI=1S/C23H24N2O3/c26-22(24-12-10-23(11-13-24)27-14-15-28-23)21-16-19-8-4-5-9-20(19)25(21)17-18-6-2-1-3-7-18/h1-9,16H,10-15,17H2. The molecule has 0 atom stereocenters. The van der Waals surface area contributed by atoms with Crippen molar-refractivity contribution in [3.63, 3.8) is 0 Å². The van der Waals surface area contributed by atoms with E-state index in [0.717, 1.165) is 29.4 Å². The van der Waals surface area contributed by atoms with E-state index in [1.165, 1.54) is 5.56 Å². The van der Waals surface area contributed by atoms with Crippen molar-refractivity contribution < 1.29 is 14.3 Å². The highest BCUT2D eigenvalue weighted by Gasteiger charge is 2.41. The summed E-state index contributed by atoms with van der Waals surface area (Å²) in [5, 5.41) is 1.10. The first kappa shape index (κ1) is 17.5. The molecule has 0 unspecified atom stereocenters. The first-order chi connectivity index (χ1) is 13.7. The number of amides is 1. The van der Waals surface area contributed by atoms with Crippen LogP contribution >= 0.6 is 0 Å². The molecule has 2 aromatic carbocycles. The van der Waals surface area contributed by atoms with Crippen LogP contribution in [0, 0.1) is 0 Å². The first-order valence-corrected chi connectivity index (χ1v) is 9.94. The number of fused-ring (bicyclic) bond motifs is 1. The molecule has 2 saturated heterocycles. The van der Waals surface area contributed by atoms with Crippen molar-refractivity contribution in [2.24, 2.45) is 0 Å². The van der Waals surface area contributed by atoms with Crippen molar-refractivity contribution in [3.05, 3.63) is 71.9 Å². The Morgan fingerprint density at radius 1 is 0.929 bits per heavy atom. The van der Waals surface area contributed by atoms with E-state index in [1.54, 1.807) is 0 Å². The van der Waals surface area contributed by atoms with Crippen molar-refractivity contribution >= 4 is 16.8 Å². The monoisotopic (exact) mass is 376 g/mol. The number of rotatable bonds is 3. The summed E-state index contributed by atoms with van der Waals surface area (Å²) in [6, 6.07) is 20.5. The molecule has 5 heteroatoms. The van der Waals surface area contributed by atoms with Crippen LogP contribution in [-0.2, 0) is 16.0 Å². The summed E-state index contributed by atoms with van der Waals surface area (Å²) < 4.78 is 13.7. The highest BCUT2D eigenvalue weighted by atomic mass is 16.7. The van der Waals surface area contributed by atoms with Gasteiger partial charge in [0.05, 0.1) is 13.2 Å². The number of aromatic nitrogens is 1. The minimum absolute atomic E-state index is 0.0833. The maximum absolute atomic E-state index is 13.4. The van der Waals surface area contributed by atoms with Crippen molar-refractivity contribution in [2.75, 3.05) is 26.3 Å². The van der Waals surface area contributed by atoms with Gasteiger partial charge in [-0.25, -0.2) is 0 Å². The van der Waals surface area contributed by atoms with E-state index >= 15 is 0 Å². The molecule has 0 N–H and O–H groups in total. The normalized spacial score (nSPS) is 18.8. The number of piperidine rings is 1. The topological polar surface area (TPSA) is 43.7 Å². The Bertz CT molecular complexity index is 980. The summed E-state index contributed by atoms with van der Waals surface area (Å²) in [6.45, 7) is 3.30. The molecule has 28 heavy (non-hydrogen) atoms. The zero-order valence-electron chi connectivity index (χ0n) is 15.8. The Morgan fingerprint density at radius 3 is 2.36 bits per heavy atom. The Hall–Kier alpha value is -2.63. The predicted molar refractivity (Wildman–Crippen MR) is 107 cm³/mol. The molecule has 0 aliphatic carbocycles. The first-order valence-electron chi connectivity index (χ1n) is 9.94. The predicted octanol–water partition coefficient (Wildman–Crippen LogP) is 3.67. The minimum Gasteiger partial charge on any atom is -0.347 e. The second-order valence-corrected chi connectivity index (χ2v) is 7.56. The molecule has 0 bridgehead atoms. The third kappa shape index (κ3) is 3.11. The fourth-order valence-electron chi connectivity index (χ4n) is 4.32. The van der Waals surface area contributed by atoms with Crippen molar-refractivity contribution in [3.8, 4) is 0 Å². The molecule has 5 rings (SSSR count). The fraction of sp³-hybridized carbons (Fsp3) is 0.348. The van der Waals surface area contributed by atoms with Gasteiger partial charge in [-0.05, 0) is 17.7 Å². The van der Waals surface area contributed by atoms with E-state index in [0.29, 0.717) is 32.8 Å². The van der Waals surface area contributed by atoms with E-state index in [9.17, 15) is 4.79 Å². The molecular formula is C23H24N2O3. The van der Waals surface area contributed by atoms with Gasteiger partial charge in [-0.2, -0.15) is 0 Å². The number of carbonyl (C=O) groups is 1. The number of likely N-dealkylation sites (tertiary alicyclic amines) is 1.